The number of ether oxygens (including phenoxy) is 3. The minimum atomic E-state index is -0.278. The Hall–Kier alpha value is -3.91. The minimum absolute atomic E-state index is 0.224. The van der Waals surface area contributed by atoms with E-state index in [-0.39, 0.29) is 17.2 Å². The number of nitrogens with one attached hydrogen (secondary N) is 1. The van der Waals surface area contributed by atoms with Gasteiger partial charge in [0.2, 0.25) is 0 Å². The van der Waals surface area contributed by atoms with Gasteiger partial charge >= 0.3 is 0 Å². The molecule has 168 valence electrons. The molecule has 0 unspecified atom stereocenters. The molecule has 0 aliphatic carbocycles. The van der Waals surface area contributed by atoms with Gasteiger partial charge in [0, 0.05) is 36.4 Å². The summed E-state index contributed by atoms with van der Waals surface area (Å²) in [7, 11) is 4.65. The van der Waals surface area contributed by atoms with Gasteiger partial charge in [-0.1, -0.05) is 18.2 Å². The first-order chi connectivity index (χ1) is 16.1. The lowest BCUT2D eigenvalue weighted by atomic mass is 10.1. The van der Waals surface area contributed by atoms with Gasteiger partial charge < -0.3 is 19.5 Å². The summed E-state index contributed by atoms with van der Waals surface area (Å²) in [6.07, 6.45) is 0.699. The molecule has 0 atom stereocenters. The van der Waals surface area contributed by atoms with Crippen molar-refractivity contribution in [2.45, 2.75) is 6.42 Å². The summed E-state index contributed by atoms with van der Waals surface area (Å²) in [5.41, 5.74) is 2.04. The van der Waals surface area contributed by atoms with Gasteiger partial charge in [-0.05, 0) is 30.7 Å². The van der Waals surface area contributed by atoms with Crippen LogP contribution in [0.5, 0.6) is 11.5 Å². The predicted octanol–water partition coefficient (Wildman–Crippen LogP) is 3.38. The largest absolute Gasteiger partial charge is 0.493 e. The average Bonchev–Trinajstić information content (AvgIpc) is 3.19. The number of carbonyl (C=O) groups is 1. The van der Waals surface area contributed by atoms with Crippen LogP contribution in [0.3, 0.4) is 0 Å². The first-order valence-corrected chi connectivity index (χ1v) is 10.6. The van der Waals surface area contributed by atoms with Crippen LogP contribution in [-0.4, -0.2) is 49.8 Å². The van der Waals surface area contributed by atoms with Crippen LogP contribution in [0.4, 0.5) is 0 Å². The summed E-state index contributed by atoms with van der Waals surface area (Å²) in [6.45, 7) is 1.03. The Bertz CT molecular complexity index is 1570. The number of aromatic nitrogens is 2. The molecule has 33 heavy (non-hydrogen) atoms. The van der Waals surface area contributed by atoms with E-state index < -0.39 is 0 Å². The van der Waals surface area contributed by atoms with E-state index in [2.05, 4.69) is 5.32 Å². The first-order valence-electron chi connectivity index (χ1n) is 10.6. The normalized spacial score (nSPS) is 11.6. The smallest absolute Gasteiger partial charge is 0.269 e. The SMILES string of the molecule is COCCCNC(=O)c1cc2c3ccccc3n3c(=O)c4c(OC)c(OC)ccc4c(n1)c23. The maximum atomic E-state index is 13.7. The maximum absolute atomic E-state index is 13.7. The number of hydrogen-bond donors (Lipinski definition) is 1. The van der Waals surface area contributed by atoms with Gasteiger partial charge in [-0.2, -0.15) is 0 Å². The molecule has 0 fully saturated rings. The Labute approximate surface area is 189 Å². The third kappa shape index (κ3) is 3.14. The van der Waals surface area contributed by atoms with Crippen molar-refractivity contribution in [1.82, 2.24) is 14.7 Å². The second-order valence-electron chi connectivity index (χ2n) is 7.74. The van der Waals surface area contributed by atoms with Crippen LogP contribution >= 0.6 is 0 Å². The highest BCUT2D eigenvalue weighted by Crippen LogP contribution is 2.39. The summed E-state index contributed by atoms with van der Waals surface area (Å²) in [4.78, 5) is 31.4. The molecule has 0 saturated heterocycles. The van der Waals surface area contributed by atoms with Crippen LogP contribution in [-0.2, 0) is 4.74 Å². The molecule has 0 spiro atoms. The second kappa shape index (κ2) is 8.22. The van der Waals surface area contributed by atoms with E-state index in [0.717, 1.165) is 16.3 Å². The number of fused-ring (bicyclic) bond motifs is 5. The van der Waals surface area contributed by atoms with Crippen molar-refractivity contribution in [3.05, 3.63) is 58.5 Å². The molecule has 3 aromatic heterocycles. The van der Waals surface area contributed by atoms with E-state index >= 15 is 0 Å². The zero-order valence-electron chi connectivity index (χ0n) is 18.6. The van der Waals surface area contributed by atoms with Crippen molar-refractivity contribution in [3.63, 3.8) is 0 Å². The van der Waals surface area contributed by atoms with Gasteiger partial charge in [-0.3, -0.25) is 14.0 Å². The van der Waals surface area contributed by atoms with E-state index in [1.54, 1.807) is 29.7 Å². The van der Waals surface area contributed by atoms with Crippen molar-refractivity contribution in [1.29, 1.82) is 0 Å². The van der Waals surface area contributed by atoms with Crippen LogP contribution in [0, 0.1) is 0 Å². The van der Waals surface area contributed by atoms with Gasteiger partial charge in [0.1, 0.15) is 5.69 Å². The molecule has 0 aliphatic rings. The van der Waals surface area contributed by atoms with Crippen molar-refractivity contribution in [2.24, 2.45) is 0 Å². The Morgan fingerprint density at radius 2 is 1.85 bits per heavy atom. The average molecular weight is 445 g/mol. The van der Waals surface area contributed by atoms with E-state index in [0.29, 0.717) is 52.9 Å². The van der Waals surface area contributed by atoms with Gasteiger partial charge in [-0.15, -0.1) is 0 Å². The van der Waals surface area contributed by atoms with Crippen molar-refractivity contribution < 1.29 is 19.0 Å². The molecular weight excluding hydrogens is 422 g/mol. The maximum Gasteiger partial charge on any atom is 0.269 e. The van der Waals surface area contributed by atoms with Crippen LogP contribution in [0.25, 0.3) is 38.1 Å². The predicted molar refractivity (Wildman–Crippen MR) is 127 cm³/mol. The number of para-hydroxylation sites is 1. The summed E-state index contributed by atoms with van der Waals surface area (Å²) in [6, 6.07) is 12.9. The molecule has 3 heterocycles. The van der Waals surface area contributed by atoms with Crippen LogP contribution in [0.1, 0.15) is 16.9 Å². The lowest BCUT2D eigenvalue weighted by Crippen LogP contribution is -2.26. The number of hydrogen-bond acceptors (Lipinski definition) is 6. The van der Waals surface area contributed by atoms with Crippen molar-refractivity contribution >= 4 is 44.0 Å². The molecule has 1 N–H and O–H groups in total. The standard InChI is InChI=1S/C25H23N3O5/c1-31-12-6-11-26-24(29)17-13-16-14-7-4-5-8-18(14)28-22(16)21(27-17)15-9-10-19(32-2)23(33-3)20(15)25(28)30/h4-5,7-10,13H,6,11-12H2,1-3H3,(H,26,29). The van der Waals surface area contributed by atoms with Gasteiger partial charge in [0.25, 0.3) is 11.5 Å². The van der Waals surface area contributed by atoms with E-state index in [4.69, 9.17) is 19.2 Å². The fraction of sp³-hybridized carbons (Fsp3) is 0.240. The molecule has 0 saturated carbocycles. The lowest BCUT2D eigenvalue weighted by Gasteiger charge is -2.13. The molecule has 0 radical (unpaired) electrons. The third-order valence-corrected chi connectivity index (χ3v) is 5.91. The molecular formula is C25H23N3O5. The van der Waals surface area contributed by atoms with E-state index in [9.17, 15) is 9.59 Å². The topological polar surface area (TPSA) is 91.2 Å². The monoisotopic (exact) mass is 445 g/mol. The molecule has 1 amide bonds. The third-order valence-electron chi connectivity index (χ3n) is 5.91. The fourth-order valence-electron chi connectivity index (χ4n) is 4.46. The molecule has 8 heteroatoms. The Morgan fingerprint density at radius 3 is 2.61 bits per heavy atom. The zero-order chi connectivity index (χ0) is 23.1. The quantitative estimate of drug-likeness (QED) is 0.305. The number of methoxy groups -OCH3 is 3. The summed E-state index contributed by atoms with van der Waals surface area (Å²) < 4.78 is 17.7. The second-order valence-corrected chi connectivity index (χ2v) is 7.74. The summed E-state index contributed by atoms with van der Waals surface area (Å²) >= 11 is 0. The Balaban J connectivity index is 1.88. The van der Waals surface area contributed by atoms with Crippen LogP contribution in [0.15, 0.2) is 47.3 Å². The number of amides is 1. The fourth-order valence-corrected chi connectivity index (χ4v) is 4.46. The van der Waals surface area contributed by atoms with E-state index in [1.807, 2.05) is 24.3 Å². The first kappa shape index (κ1) is 21.0. The molecule has 5 rings (SSSR count). The zero-order valence-corrected chi connectivity index (χ0v) is 18.6. The highest BCUT2D eigenvalue weighted by molar-refractivity contribution is 6.21. The van der Waals surface area contributed by atoms with E-state index in [1.165, 1.54) is 14.2 Å². The Morgan fingerprint density at radius 1 is 1.03 bits per heavy atom. The number of benzene rings is 2. The number of carbonyl (C=O) groups excluding carboxylic acids is 1. The van der Waals surface area contributed by atoms with Gasteiger partial charge in [-0.25, -0.2) is 4.98 Å². The summed E-state index contributed by atoms with van der Waals surface area (Å²) in [5, 5.41) is 5.53. The molecule has 0 aliphatic heterocycles. The minimum Gasteiger partial charge on any atom is -0.493 e. The highest BCUT2D eigenvalue weighted by atomic mass is 16.5. The molecule has 0 bridgehead atoms. The number of rotatable bonds is 7. The van der Waals surface area contributed by atoms with Crippen molar-refractivity contribution in [2.75, 3.05) is 34.5 Å². The van der Waals surface area contributed by atoms with Crippen LogP contribution in [0.2, 0.25) is 0 Å². The van der Waals surface area contributed by atoms with Gasteiger partial charge in [0.05, 0.1) is 36.2 Å². The lowest BCUT2D eigenvalue weighted by molar-refractivity contribution is 0.0944. The molecule has 8 nitrogen and oxygen atoms in total. The van der Waals surface area contributed by atoms with Crippen molar-refractivity contribution in [3.8, 4) is 11.5 Å². The Kier molecular flexibility index (Phi) is 5.22. The molecule has 5 aromatic rings. The number of pyridine rings is 2. The van der Waals surface area contributed by atoms with Crippen LogP contribution < -0.4 is 20.3 Å². The molecule has 2 aromatic carbocycles. The number of nitrogens with zero attached hydrogens (tertiary/aromatic N) is 2. The van der Waals surface area contributed by atoms with Gasteiger partial charge in [0.15, 0.2) is 11.5 Å². The highest BCUT2D eigenvalue weighted by Gasteiger charge is 2.23. The summed E-state index contributed by atoms with van der Waals surface area (Å²) in [5.74, 6) is 0.514.